The van der Waals surface area contributed by atoms with Crippen molar-refractivity contribution < 1.29 is 14.6 Å². The molecule has 0 radical (unpaired) electrons. The first-order chi connectivity index (χ1) is 9.70. The molecule has 1 saturated heterocycles. The number of thiazole rings is 1. The lowest BCUT2D eigenvalue weighted by atomic mass is 10.2. The molecule has 1 aromatic rings. The minimum atomic E-state index is -0.462. The number of nitrogens with zero attached hydrogens (tertiary/aromatic N) is 3. The minimum absolute atomic E-state index is 0.000708. The SMILES string of the molecule is CCOC[C@@H](O)CN1CCN(C(=O)c2cscn2)CC1. The Morgan fingerprint density at radius 2 is 2.25 bits per heavy atom. The highest BCUT2D eigenvalue weighted by molar-refractivity contribution is 7.07. The first kappa shape index (κ1) is 15.4. The van der Waals surface area contributed by atoms with Crippen molar-refractivity contribution in [3.05, 3.63) is 16.6 Å². The second-order valence-corrected chi connectivity index (χ2v) is 5.50. The summed E-state index contributed by atoms with van der Waals surface area (Å²) in [6, 6.07) is 0. The Labute approximate surface area is 123 Å². The van der Waals surface area contributed by atoms with E-state index >= 15 is 0 Å². The molecular weight excluding hydrogens is 278 g/mol. The van der Waals surface area contributed by atoms with Gasteiger partial charge >= 0.3 is 0 Å². The Hall–Kier alpha value is -1.02. The number of aliphatic hydroxyl groups excluding tert-OH is 1. The zero-order valence-electron chi connectivity index (χ0n) is 11.7. The molecule has 1 fully saturated rings. The third kappa shape index (κ3) is 4.24. The van der Waals surface area contributed by atoms with Crippen molar-refractivity contribution in [2.24, 2.45) is 0 Å². The molecule has 0 spiro atoms. The summed E-state index contributed by atoms with van der Waals surface area (Å²) in [6.07, 6.45) is -0.462. The predicted molar refractivity (Wildman–Crippen MR) is 77.0 cm³/mol. The van der Waals surface area contributed by atoms with Crippen LogP contribution in [0.3, 0.4) is 0 Å². The van der Waals surface area contributed by atoms with E-state index in [4.69, 9.17) is 4.74 Å². The molecule has 0 aromatic carbocycles. The molecule has 1 aliphatic heterocycles. The summed E-state index contributed by atoms with van der Waals surface area (Å²) in [5, 5.41) is 11.6. The van der Waals surface area contributed by atoms with Crippen LogP contribution in [0.25, 0.3) is 0 Å². The fourth-order valence-electron chi connectivity index (χ4n) is 2.22. The number of rotatable bonds is 6. The average Bonchev–Trinajstić information content (AvgIpc) is 2.99. The predicted octanol–water partition coefficient (Wildman–Crippen LogP) is 0.298. The largest absolute Gasteiger partial charge is 0.389 e. The Morgan fingerprint density at radius 3 is 2.85 bits per heavy atom. The van der Waals surface area contributed by atoms with Crippen molar-refractivity contribution in [1.29, 1.82) is 0 Å². The van der Waals surface area contributed by atoms with Crippen molar-refractivity contribution >= 4 is 17.2 Å². The highest BCUT2D eigenvalue weighted by Gasteiger charge is 2.24. The van der Waals surface area contributed by atoms with E-state index in [1.807, 2.05) is 11.8 Å². The van der Waals surface area contributed by atoms with Crippen molar-refractivity contribution in [3.63, 3.8) is 0 Å². The van der Waals surface area contributed by atoms with E-state index in [0.717, 1.165) is 13.1 Å². The molecule has 1 aliphatic rings. The first-order valence-electron chi connectivity index (χ1n) is 6.86. The quantitative estimate of drug-likeness (QED) is 0.818. The molecule has 1 aromatic heterocycles. The normalized spacial score (nSPS) is 18.2. The van der Waals surface area contributed by atoms with Crippen molar-refractivity contribution in [2.45, 2.75) is 13.0 Å². The summed E-state index contributed by atoms with van der Waals surface area (Å²) >= 11 is 1.43. The van der Waals surface area contributed by atoms with E-state index in [0.29, 0.717) is 38.5 Å². The van der Waals surface area contributed by atoms with Crippen molar-refractivity contribution in [3.8, 4) is 0 Å². The monoisotopic (exact) mass is 299 g/mol. The van der Waals surface area contributed by atoms with Crippen LogP contribution < -0.4 is 0 Å². The molecule has 2 rings (SSSR count). The number of aromatic nitrogens is 1. The van der Waals surface area contributed by atoms with Crippen LogP contribution in [0, 0.1) is 0 Å². The summed E-state index contributed by atoms with van der Waals surface area (Å²) in [5.41, 5.74) is 2.20. The van der Waals surface area contributed by atoms with E-state index in [-0.39, 0.29) is 5.91 Å². The van der Waals surface area contributed by atoms with Gasteiger partial charge in [-0.2, -0.15) is 0 Å². The highest BCUT2D eigenvalue weighted by Crippen LogP contribution is 2.09. The summed E-state index contributed by atoms with van der Waals surface area (Å²) in [7, 11) is 0. The molecule has 6 nitrogen and oxygen atoms in total. The van der Waals surface area contributed by atoms with Crippen molar-refractivity contribution in [2.75, 3.05) is 45.9 Å². The van der Waals surface area contributed by atoms with E-state index < -0.39 is 6.10 Å². The standard InChI is InChI=1S/C13H21N3O3S/c1-2-19-8-11(17)7-15-3-5-16(6-4-15)13(18)12-9-20-10-14-12/h9-11,17H,2-8H2,1H3/t11-/m0/s1. The molecule has 1 amide bonds. The third-order valence-electron chi connectivity index (χ3n) is 3.29. The number of β-amino-alcohol motifs (C(OH)–C–C–N with tert-alkyl or cyclic N) is 1. The maximum absolute atomic E-state index is 12.1. The topological polar surface area (TPSA) is 65.9 Å². The summed E-state index contributed by atoms with van der Waals surface area (Å²) in [5.74, 6) is 0.000708. The molecule has 20 heavy (non-hydrogen) atoms. The molecule has 0 aliphatic carbocycles. The molecule has 2 heterocycles. The van der Waals surface area contributed by atoms with Crippen LogP contribution in [0.2, 0.25) is 0 Å². The van der Waals surface area contributed by atoms with Gasteiger partial charge < -0.3 is 14.7 Å². The Bertz CT molecular complexity index is 405. The van der Waals surface area contributed by atoms with E-state index in [1.54, 1.807) is 10.9 Å². The molecule has 112 valence electrons. The third-order valence-corrected chi connectivity index (χ3v) is 3.88. The van der Waals surface area contributed by atoms with Crippen molar-refractivity contribution in [1.82, 2.24) is 14.8 Å². The highest BCUT2D eigenvalue weighted by atomic mass is 32.1. The molecule has 0 unspecified atom stereocenters. The Balaban J connectivity index is 1.73. The van der Waals surface area contributed by atoms with Gasteiger partial charge in [-0.15, -0.1) is 11.3 Å². The zero-order chi connectivity index (χ0) is 14.4. The summed E-state index contributed by atoms with van der Waals surface area (Å²) < 4.78 is 5.20. The van der Waals surface area contributed by atoms with Gasteiger partial charge in [-0.05, 0) is 6.92 Å². The van der Waals surface area contributed by atoms with E-state index in [2.05, 4.69) is 9.88 Å². The van der Waals surface area contributed by atoms with Gasteiger partial charge in [0, 0.05) is 44.7 Å². The van der Waals surface area contributed by atoms with Crippen LogP contribution >= 0.6 is 11.3 Å². The maximum Gasteiger partial charge on any atom is 0.273 e. The van der Waals surface area contributed by atoms with E-state index in [9.17, 15) is 9.90 Å². The Kier molecular flexibility index (Phi) is 5.90. The fraction of sp³-hybridized carbons (Fsp3) is 0.692. The number of hydrogen-bond acceptors (Lipinski definition) is 6. The summed E-state index contributed by atoms with van der Waals surface area (Å²) in [6.45, 7) is 6.41. The zero-order valence-corrected chi connectivity index (χ0v) is 12.5. The van der Waals surface area contributed by atoms with Crippen LogP contribution in [-0.4, -0.2) is 77.8 Å². The lowest BCUT2D eigenvalue weighted by Gasteiger charge is -2.35. The van der Waals surface area contributed by atoms with Crippen LogP contribution in [0.5, 0.6) is 0 Å². The number of ether oxygens (including phenoxy) is 1. The van der Waals surface area contributed by atoms with Crippen LogP contribution in [0.1, 0.15) is 17.4 Å². The van der Waals surface area contributed by atoms with Crippen LogP contribution in [0.4, 0.5) is 0 Å². The van der Waals surface area contributed by atoms with Gasteiger partial charge in [0.1, 0.15) is 5.69 Å². The van der Waals surface area contributed by atoms with E-state index in [1.165, 1.54) is 11.3 Å². The number of carbonyl (C=O) groups is 1. The van der Waals surface area contributed by atoms with Crippen LogP contribution in [0.15, 0.2) is 10.9 Å². The lowest BCUT2D eigenvalue weighted by molar-refractivity contribution is 0.0110. The fourth-order valence-corrected chi connectivity index (χ4v) is 2.74. The van der Waals surface area contributed by atoms with Crippen LogP contribution in [-0.2, 0) is 4.74 Å². The Morgan fingerprint density at radius 1 is 1.50 bits per heavy atom. The summed E-state index contributed by atoms with van der Waals surface area (Å²) in [4.78, 5) is 20.1. The minimum Gasteiger partial charge on any atom is -0.389 e. The van der Waals surface area contributed by atoms with Gasteiger partial charge in [0.2, 0.25) is 0 Å². The molecule has 0 saturated carbocycles. The average molecular weight is 299 g/mol. The molecule has 1 N–H and O–H groups in total. The van der Waals surface area contributed by atoms with Gasteiger partial charge in [-0.3, -0.25) is 9.69 Å². The second-order valence-electron chi connectivity index (χ2n) is 4.78. The number of hydrogen-bond donors (Lipinski definition) is 1. The van der Waals surface area contributed by atoms with Gasteiger partial charge in [0.15, 0.2) is 0 Å². The first-order valence-corrected chi connectivity index (χ1v) is 7.80. The smallest absolute Gasteiger partial charge is 0.273 e. The second kappa shape index (κ2) is 7.68. The number of piperazine rings is 1. The number of aliphatic hydroxyl groups is 1. The number of carbonyl (C=O) groups excluding carboxylic acids is 1. The maximum atomic E-state index is 12.1. The van der Waals surface area contributed by atoms with Gasteiger partial charge in [0.05, 0.1) is 18.2 Å². The van der Waals surface area contributed by atoms with Gasteiger partial charge in [-0.25, -0.2) is 4.98 Å². The molecular formula is C13H21N3O3S. The number of amides is 1. The molecule has 1 atom stereocenters. The lowest BCUT2D eigenvalue weighted by Crippen LogP contribution is -2.50. The molecule has 7 heteroatoms. The molecule has 0 bridgehead atoms. The van der Waals surface area contributed by atoms with Gasteiger partial charge in [0.25, 0.3) is 5.91 Å². The van der Waals surface area contributed by atoms with Gasteiger partial charge in [-0.1, -0.05) is 0 Å².